The number of ketones is 1. The first kappa shape index (κ1) is 7.90. The summed E-state index contributed by atoms with van der Waals surface area (Å²) in [5.74, 6) is 0.0932. The number of hydrogen-bond donors (Lipinski definition) is 0. The molecule has 0 aromatic heterocycles. The second kappa shape index (κ2) is 2.76. The van der Waals surface area contributed by atoms with Gasteiger partial charge in [0, 0.05) is 10.6 Å². The summed E-state index contributed by atoms with van der Waals surface area (Å²) in [6.07, 6.45) is 5.30. The first-order valence-corrected chi connectivity index (χ1v) is 5.36. The number of rotatable bonds is 0. The zero-order valence-electron chi connectivity index (χ0n) is 7.40. The summed E-state index contributed by atoms with van der Waals surface area (Å²) >= 11 is 0. The van der Waals surface area contributed by atoms with Crippen LogP contribution in [0.2, 0.25) is 0 Å². The monoisotopic (exact) mass is 198 g/mol. The van der Waals surface area contributed by atoms with E-state index in [2.05, 4.69) is 12.1 Å². The van der Waals surface area contributed by atoms with E-state index < -0.39 is 0 Å². The Labute approximate surface area is 83.6 Å². The number of benzene rings is 1. The van der Waals surface area contributed by atoms with E-state index >= 15 is 0 Å². The molecular formula is C12H7OP. The molecule has 2 aliphatic rings. The normalized spacial score (nSPS) is 18.4. The van der Waals surface area contributed by atoms with Crippen LogP contribution in [0.3, 0.4) is 0 Å². The van der Waals surface area contributed by atoms with Crippen molar-refractivity contribution in [3.05, 3.63) is 48.1 Å². The standard InChI is InChI=1S/C12H7OP/c13-8-5-6-12-10(7-8)9-3-1-2-4-11(9)14-12/h1-7H. The molecule has 1 aliphatic carbocycles. The fourth-order valence-corrected chi connectivity index (χ4v) is 2.95. The summed E-state index contributed by atoms with van der Waals surface area (Å²) in [6, 6.07) is 8.24. The second-order valence-electron chi connectivity index (χ2n) is 3.31. The maximum Gasteiger partial charge on any atom is 0.179 e. The van der Waals surface area contributed by atoms with Crippen LogP contribution >= 0.6 is 8.20 Å². The molecule has 1 heterocycles. The topological polar surface area (TPSA) is 17.1 Å². The van der Waals surface area contributed by atoms with Gasteiger partial charge in [-0.15, -0.1) is 0 Å². The van der Waals surface area contributed by atoms with Crippen LogP contribution in [0.5, 0.6) is 0 Å². The van der Waals surface area contributed by atoms with Crippen molar-refractivity contribution in [1.82, 2.24) is 0 Å². The summed E-state index contributed by atoms with van der Waals surface area (Å²) in [6.45, 7) is 0. The minimum atomic E-state index is 0.0932. The van der Waals surface area contributed by atoms with Crippen molar-refractivity contribution in [3.8, 4) is 0 Å². The lowest BCUT2D eigenvalue weighted by molar-refractivity contribution is -0.110. The number of allylic oxidation sites excluding steroid dienone is 4. The molecule has 0 fully saturated rings. The Hall–Kier alpha value is -1.46. The van der Waals surface area contributed by atoms with Crippen molar-refractivity contribution in [2.45, 2.75) is 0 Å². The predicted molar refractivity (Wildman–Crippen MR) is 60.1 cm³/mol. The fraction of sp³-hybridized carbons (Fsp3) is 0. The van der Waals surface area contributed by atoms with Crippen molar-refractivity contribution in [2.24, 2.45) is 0 Å². The molecule has 0 atom stereocenters. The van der Waals surface area contributed by atoms with Gasteiger partial charge >= 0.3 is 0 Å². The largest absolute Gasteiger partial charge is 0.290 e. The molecule has 66 valence electrons. The molecular weight excluding hydrogens is 191 g/mol. The molecule has 14 heavy (non-hydrogen) atoms. The van der Waals surface area contributed by atoms with Gasteiger partial charge in [-0.2, -0.15) is 0 Å². The Kier molecular flexibility index (Phi) is 1.56. The minimum Gasteiger partial charge on any atom is -0.290 e. The smallest absolute Gasteiger partial charge is 0.179 e. The highest BCUT2D eigenvalue weighted by molar-refractivity contribution is 7.52. The van der Waals surface area contributed by atoms with Gasteiger partial charge in [0.2, 0.25) is 0 Å². The fourth-order valence-electron chi connectivity index (χ4n) is 1.76. The summed E-state index contributed by atoms with van der Waals surface area (Å²) in [5, 5.41) is 2.54. The van der Waals surface area contributed by atoms with E-state index in [1.165, 1.54) is 24.4 Å². The quantitative estimate of drug-likeness (QED) is 0.582. The Balaban J connectivity index is 2.27. The highest BCUT2D eigenvalue weighted by Gasteiger charge is 2.20. The Morgan fingerprint density at radius 1 is 1.07 bits per heavy atom. The minimum absolute atomic E-state index is 0.0932. The van der Waals surface area contributed by atoms with Crippen LogP contribution in [0.25, 0.3) is 5.57 Å². The molecule has 0 N–H and O–H groups in total. The van der Waals surface area contributed by atoms with Crippen LogP contribution in [-0.4, -0.2) is 11.1 Å². The van der Waals surface area contributed by atoms with E-state index in [0.29, 0.717) is 0 Å². The molecule has 0 radical (unpaired) electrons. The van der Waals surface area contributed by atoms with Gasteiger partial charge in [0.25, 0.3) is 0 Å². The third kappa shape index (κ3) is 1.03. The van der Waals surface area contributed by atoms with Gasteiger partial charge in [-0.25, -0.2) is 0 Å². The van der Waals surface area contributed by atoms with Gasteiger partial charge < -0.3 is 0 Å². The zero-order chi connectivity index (χ0) is 9.54. The molecule has 1 aliphatic heterocycles. The Morgan fingerprint density at radius 3 is 2.86 bits per heavy atom. The SMILES string of the molecule is O=C1C=CC2=Pc3ccccc3C2=C1. The van der Waals surface area contributed by atoms with Crippen LogP contribution < -0.4 is 5.30 Å². The molecule has 0 amide bonds. The molecule has 0 unspecified atom stereocenters. The van der Waals surface area contributed by atoms with E-state index in [0.717, 1.165) is 5.57 Å². The second-order valence-corrected chi connectivity index (χ2v) is 4.50. The van der Waals surface area contributed by atoms with Crippen LogP contribution in [-0.2, 0) is 4.79 Å². The van der Waals surface area contributed by atoms with Gasteiger partial charge in [0.05, 0.1) is 0 Å². The molecule has 3 rings (SSSR count). The number of carbonyl (C=O) groups is 1. The third-order valence-corrected chi connectivity index (χ3v) is 3.66. The van der Waals surface area contributed by atoms with Gasteiger partial charge in [0.1, 0.15) is 0 Å². The number of hydrogen-bond acceptors (Lipinski definition) is 1. The summed E-state index contributed by atoms with van der Waals surface area (Å²) in [7, 11) is 1.22. The average molecular weight is 198 g/mol. The first-order valence-electron chi connectivity index (χ1n) is 4.47. The maximum absolute atomic E-state index is 11.2. The van der Waals surface area contributed by atoms with E-state index in [-0.39, 0.29) is 5.78 Å². The Bertz CT molecular complexity index is 521. The molecule has 0 saturated carbocycles. The summed E-state index contributed by atoms with van der Waals surface area (Å²) in [5.41, 5.74) is 2.32. The van der Waals surface area contributed by atoms with Crippen LogP contribution in [0.1, 0.15) is 5.56 Å². The average Bonchev–Trinajstić information content (AvgIpc) is 2.56. The van der Waals surface area contributed by atoms with Crippen LogP contribution in [0.4, 0.5) is 0 Å². The molecule has 1 aromatic rings. The van der Waals surface area contributed by atoms with E-state index in [9.17, 15) is 4.79 Å². The van der Waals surface area contributed by atoms with Gasteiger partial charge in [-0.05, 0) is 35.4 Å². The molecule has 2 heteroatoms. The molecule has 0 spiro atoms. The summed E-state index contributed by atoms with van der Waals surface area (Å²) in [4.78, 5) is 11.2. The van der Waals surface area contributed by atoms with Gasteiger partial charge in [-0.3, -0.25) is 4.79 Å². The molecule has 1 aromatic carbocycles. The highest BCUT2D eigenvalue weighted by Crippen LogP contribution is 2.30. The van der Waals surface area contributed by atoms with Gasteiger partial charge in [0.15, 0.2) is 5.78 Å². The first-order chi connectivity index (χ1) is 6.84. The van der Waals surface area contributed by atoms with Crippen molar-refractivity contribution >= 4 is 30.2 Å². The lowest BCUT2D eigenvalue weighted by Crippen LogP contribution is -2.03. The van der Waals surface area contributed by atoms with Crippen molar-refractivity contribution in [3.63, 3.8) is 0 Å². The van der Waals surface area contributed by atoms with Crippen LogP contribution in [0.15, 0.2) is 42.5 Å². The third-order valence-electron chi connectivity index (χ3n) is 2.40. The maximum atomic E-state index is 11.2. The molecule has 1 nitrogen and oxygen atoms in total. The van der Waals surface area contributed by atoms with Gasteiger partial charge in [-0.1, -0.05) is 26.4 Å². The molecule has 0 bridgehead atoms. The highest BCUT2D eigenvalue weighted by atomic mass is 31.1. The van der Waals surface area contributed by atoms with E-state index in [1.807, 2.05) is 18.2 Å². The Morgan fingerprint density at radius 2 is 1.93 bits per heavy atom. The summed E-state index contributed by atoms with van der Waals surface area (Å²) < 4.78 is 0. The van der Waals surface area contributed by atoms with Crippen molar-refractivity contribution in [2.75, 3.05) is 0 Å². The van der Waals surface area contributed by atoms with E-state index in [1.54, 1.807) is 12.2 Å². The van der Waals surface area contributed by atoms with E-state index in [4.69, 9.17) is 0 Å². The lowest BCUT2D eigenvalue weighted by Gasteiger charge is -2.05. The zero-order valence-corrected chi connectivity index (χ0v) is 8.29. The molecule has 0 saturated heterocycles. The predicted octanol–water partition coefficient (Wildman–Crippen LogP) is 1.97. The number of fused-ring (bicyclic) bond motifs is 3. The lowest BCUT2D eigenvalue weighted by atomic mass is 9.98. The van der Waals surface area contributed by atoms with Crippen molar-refractivity contribution < 1.29 is 4.79 Å². The van der Waals surface area contributed by atoms with Crippen molar-refractivity contribution in [1.29, 1.82) is 0 Å². The number of carbonyl (C=O) groups excluding carboxylic acids is 1. The van der Waals surface area contributed by atoms with Crippen LogP contribution in [0, 0.1) is 0 Å².